The van der Waals surface area contributed by atoms with E-state index in [9.17, 15) is 8.42 Å². The second kappa shape index (κ2) is 6.97. The summed E-state index contributed by atoms with van der Waals surface area (Å²) in [6.07, 6.45) is 1.58. The van der Waals surface area contributed by atoms with Gasteiger partial charge >= 0.3 is 0 Å². The Bertz CT molecular complexity index is 928. The maximum Gasteiger partial charge on any atom is 0.234 e. The molecular weight excluding hydrogens is 394 g/mol. The fourth-order valence-electron chi connectivity index (χ4n) is 2.12. The van der Waals surface area contributed by atoms with E-state index in [1.165, 1.54) is 5.41 Å². The molecule has 1 aromatic heterocycles. The second-order valence-electron chi connectivity index (χ2n) is 4.97. The molecule has 0 radical (unpaired) electrons. The van der Waals surface area contributed by atoms with Crippen LogP contribution in [-0.4, -0.2) is 8.42 Å². The van der Waals surface area contributed by atoms with E-state index >= 15 is 0 Å². The monoisotopic (exact) mass is 407 g/mol. The molecule has 0 saturated heterocycles. The molecule has 3 rings (SSSR count). The molecule has 1 heterocycles. The van der Waals surface area contributed by atoms with Crippen LogP contribution in [0.5, 0.6) is 0 Å². The Hall–Kier alpha value is -1.47. The van der Waals surface area contributed by atoms with Crippen LogP contribution in [0.1, 0.15) is 10.4 Å². The van der Waals surface area contributed by atoms with Crippen LogP contribution in [0.3, 0.4) is 0 Å². The number of fused-ring (bicyclic) bond motifs is 1. The highest BCUT2D eigenvalue weighted by atomic mass is 79.9. The number of benzene rings is 2. The van der Waals surface area contributed by atoms with E-state index in [1.807, 2.05) is 54.6 Å². The molecule has 0 fully saturated rings. The molecule has 0 aliphatic carbocycles. The van der Waals surface area contributed by atoms with Gasteiger partial charge < -0.3 is 0 Å². The number of hydrogen-bond acceptors (Lipinski definition) is 3. The topological polar surface area (TPSA) is 46.2 Å². The zero-order valence-corrected chi connectivity index (χ0v) is 15.3. The van der Waals surface area contributed by atoms with Gasteiger partial charge in [-0.3, -0.25) is 0 Å². The molecule has 0 saturated carbocycles. The quantitative estimate of drug-likeness (QED) is 0.662. The molecule has 23 heavy (non-hydrogen) atoms. The first-order valence-electron chi connectivity index (χ1n) is 6.93. The van der Waals surface area contributed by atoms with Gasteiger partial charge in [0.15, 0.2) is 0 Å². The third kappa shape index (κ3) is 4.51. The molecule has 1 N–H and O–H groups in total. The third-order valence-electron chi connectivity index (χ3n) is 3.21. The molecule has 3 aromatic rings. The van der Waals surface area contributed by atoms with Crippen LogP contribution in [-0.2, 0) is 16.6 Å². The molecule has 3 nitrogen and oxygen atoms in total. The normalized spacial score (nSPS) is 12.2. The van der Waals surface area contributed by atoms with Gasteiger partial charge in [-0.15, -0.1) is 11.3 Å². The third-order valence-corrected chi connectivity index (χ3v) is 5.86. The van der Waals surface area contributed by atoms with Crippen LogP contribution in [0.15, 0.2) is 64.5 Å². The van der Waals surface area contributed by atoms with Crippen molar-refractivity contribution in [2.75, 3.05) is 0 Å². The van der Waals surface area contributed by atoms with Crippen LogP contribution in [0.2, 0.25) is 0 Å². The SMILES string of the molecule is O=S(=O)(/C=C/c1cccc(Br)c1)NCc1cc2ccccc2s1. The lowest BCUT2D eigenvalue weighted by molar-refractivity contribution is 0.591. The van der Waals surface area contributed by atoms with Crippen LogP contribution < -0.4 is 4.72 Å². The van der Waals surface area contributed by atoms with Gasteiger partial charge in [0.25, 0.3) is 0 Å². The van der Waals surface area contributed by atoms with E-state index in [0.717, 1.165) is 25.0 Å². The standard InChI is InChI=1S/C17H14BrNO2S2/c18-15-6-3-4-13(10-15)8-9-23(20,21)19-12-16-11-14-5-1-2-7-17(14)22-16/h1-11,19H,12H2/b9-8+. The minimum atomic E-state index is -3.47. The summed E-state index contributed by atoms with van der Waals surface area (Å²) < 4.78 is 28.8. The van der Waals surface area contributed by atoms with Gasteiger partial charge in [-0.05, 0) is 41.3 Å². The highest BCUT2D eigenvalue weighted by Crippen LogP contribution is 2.25. The smallest absolute Gasteiger partial charge is 0.208 e. The maximum absolute atomic E-state index is 12.1. The fraction of sp³-hybridized carbons (Fsp3) is 0.0588. The molecule has 0 aliphatic heterocycles. The van der Waals surface area contributed by atoms with Crippen molar-refractivity contribution in [2.45, 2.75) is 6.54 Å². The first-order chi connectivity index (χ1) is 11.0. The summed E-state index contributed by atoms with van der Waals surface area (Å²) in [5, 5.41) is 2.33. The average molecular weight is 408 g/mol. The van der Waals surface area contributed by atoms with Gasteiger partial charge in [0.2, 0.25) is 10.0 Å². The first kappa shape index (κ1) is 16.4. The largest absolute Gasteiger partial charge is 0.234 e. The van der Waals surface area contributed by atoms with Gasteiger partial charge in [0.1, 0.15) is 0 Å². The van der Waals surface area contributed by atoms with Gasteiger partial charge in [-0.1, -0.05) is 46.3 Å². The number of hydrogen-bond donors (Lipinski definition) is 1. The van der Waals surface area contributed by atoms with Gasteiger partial charge in [0, 0.05) is 26.0 Å². The summed E-state index contributed by atoms with van der Waals surface area (Å²) in [5.41, 5.74) is 0.826. The fourth-order valence-corrected chi connectivity index (χ4v) is 4.42. The second-order valence-corrected chi connectivity index (χ2v) is 8.71. The Morgan fingerprint density at radius 3 is 2.70 bits per heavy atom. The van der Waals surface area contributed by atoms with Crippen molar-refractivity contribution in [2.24, 2.45) is 0 Å². The van der Waals surface area contributed by atoms with Crippen LogP contribution in [0, 0.1) is 0 Å². The lowest BCUT2D eigenvalue weighted by Crippen LogP contribution is -2.19. The molecule has 0 aliphatic rings. The highest BCUT2D eigenvalue weighted by Gasteiger charge is 2.07. The predicted molar refractivity (Wildman–Crippen MR) is 101 cm³/mol. The molecule has 0 amide bonds. The van der Waals surface area contributed by atoms with E-state index in [1.54, 1.807) is 17.4 Å². The van der Waals surface area contributed by atoms with Crippen molar-refractivity contribution in [3.05, 3.63) is 74.9 Å². The zero-order chi connectivity index (χ0) is 16.3. The molecule has 6 heteroatoms. The molecular formula is C17H14BrNO2S2. The van der Waals surface area contributed by atoms with Crippen molar-refractivity contribution in [3.63, 3.8) is 0 Å². The molecule has 0 spiro atoms. The van der Waals surface area contributed by atoms with Crippen molar-refractivity contribution in [1.29, 1.82) is 0 Å². The Morgan fingerprint density at radius 2 is 1.91 bits per heavy atom. The van der Waals surface area contributed by atoms with Crippen molar-refractivity contribution in [1.82, 2.24) is 4.72 Å². The number of sulfonamides is 1. The minimum Gasteiger partial charge on any atom is -0.208 e. The Morgan fingerprint density at radius 1 is 1.09 bits per heavy atom. The minimum absolute atomic E-state index is 0.296. The molecule has 118 valence electrons. The lowest BCUT2D eigenvalue weighted by atomic mass is 10.2. The summed E-state index contributed by atoms with van der Waals surface area (Å²) in [6, 6.07) is 17.5. The predicted octanol–water partition coefficient (Wildman–Crippen LogP) is 4.75. The average Bonchev–Trinajstić information content (AvgIpc) is 2.94. The first-order valence-corrected chi connectivity index (χ1v) is 10.1. The van der Waals surface area contributed by atoms with Crippen molar-refractivity contribution >= 4 is 53.5 Å². The van der Waals surface area contributed by atoms with Crippen molar-refractivity contribution in [3.8, 4) is 0 Å². The summed E-state index contributed by atoms with van der Waals surface area (Å²) in [6.45, 7) is 0.296. The number of rotatable bonds is 5. The van der Waals surface area contributed by atoms with Crippen LogP contribution in [0.25, 0.3) is 16.2 Å². The molecule has 0 unspecified atom stereocenters. The van der Waals surface area contributed by atoms with E-state index in [4.69, 9.17) is 0 Å². The maximum atomic E-state index is 12.1. The van der Waals surface area contributed by atoms with E-state index in [-0.39, 0.29) is 0 Å². The number of thiophene rings is 1. The van der Waals surface area contributed by atoms with Gasteiger partial charge in [-0.25, -0.2) is 13.1 Å². The van der Waals surface area contributed by atoms with Gasteiger partial charge in [0.05, 0.1) is 0 Å². The van der Waals surface area contributed by atoms with E-state index in [0.29, 0.717) is 6.54 Å². The molecule has 0 bridgehead atoms. The number of nitrogens with one attached hydrogen (secondary N) is 1. The zero-order valence-electron chi connectivity index (χ0n) is 12.1. The number of halogens is 1. The van der Waals surface area contributed by atoms with Gasteiger partial charge in [-0.2, -0.15) is 0 Å². The van der Waals surface area contributed by atoms with Crippen LogP contribution >= 0.6 is 27.3 Å². The summed E-state index contributed by atoms with van der Waals surface area (Å²) >= 11 is 4.96. The summed E-state index contributed by atoms with van der Waals surface area (Å²) in [4.78, 5) is 0.991. The lowest BCUT2D eigenvalue weighted by Gasteiger charge is -2.00. The van der Waals surface area contributed by atoms with Crippen LogP contribution in [0.4, 0.5) is 0 Å². The Labute approximate surface area is 147 Å². The highest BCUT2D eigenvalue weighted by molar-refractivity contribution is 9.10. The summed E-state index contributed by atoms with van der Waals surface area (Å²) in [5.74, 6) is 0. The van der Waals surface area contributed by atoms with E-state index < -0.39 is 10.0 Å². The van der Waals surface area contributed by atoms with E-state index in [2.05, 4.69) is 20.7 Å². The molecule has 0 atom stereocenters. The summed E-state index contributed by atoms with van der Waals surface area (Å²) in [7, 11) is -3.47. The Kier molecular flexibility index (Phi) is 4.96. The Balaban J connectivity index is 1.68. The van der Waals surface area contributed by atoms with Crippen molar-refractivity contribution < 1.29 is 8.42 Å². The molecule has 2 aromatic carbocycles.